The minimum atomic E-state index is -0.0406. The molecule has 1 aromatic rings. The molecule has 0 fully saturated rings. The van der Waals surface area contributed by atoms with Gasteiger partial charge in [0.2, 0.25) is 0 Å². The Labute approximate surface area is 102 Å². The maximum atomic E-state index is 11.5. The summed E-state index contributed by atoms with van der Waals surface area (Å²) < 4.78 is 6.70. The SMILES string of the molecule is CCOCCCNCCn1ncc(C)cc1=O. The van der Waals surface area contributed by atoms with Crippen molar-refractivity contribution in [3.05, 3.63) is 28.2 Å². The van der Waals surface area contributed by atoms with Crippen LogP contribution in [-0.2, 0) is 11.3 Å². The van der Waals surface area contributed by atoms with Crippen molar-refractivity contribution < 1.29 is 4.74 Å². The molecule has 5 heteroatoms. The summed E-state index contributed by atoms with van der Waals surface area (Å²) in [5.74, 6) is 0. The second kappa shape index (κ2) is 7.97. The Morgan fingerprint density at radius 2 is 2.29 bits per heavy atom. The lowest BCUT2D eigenvalue weighted by Crippen LogP contribution is -2.29. The van der Waals surface area contributed by atoms with Crippen LogP contribution >= 0.6 is 0 Å². The van der Waals surface area contributed by atoms with Crippen LogP contribution in [0.25, 0.3) is 0 Å². The van der Waals surface area contributed by atoms with Crippen LogP contribution in [-0.4, -0.2) is 36.1 Å². The first-order chi connectivity index (χ1) is 8.24. The van der Waals surface area contributed by atoms with Crippen molar-refractivity contribution in [2.45, 2.75) is 26.8 Å². The van der Waals surface area contributed by atoms with E-state index < -0.39 is 0 Å². The molecule has 0 atom stereocenters. The van der Waals surface area contributed by atoms with Gasteiger partial charge in [0.05, 0.1) is 12.7 Å². The average molecular weight is 239 g/mol. The molecule has 1 heterocycles. The monoisotopic (exact) mass is 239 g/mol. The van der Waals surface area contributed by atoms with E-state index in [-0.39, 0.29) is 5.56 Å². The van der Waals surface area contributed by atoms with Crippen molar-refractivity contribution >= 4 is 0 Å². The first kappa shape index (κ1) is 13.9. The normalized spacial score (nSPS) is 10.7. The van der Waals surface area contributed by atoms with Crippen LogP contribution in [0.1, 0.15) is 18.9 Å². The van der Waals surface area contributed by atoms with Gasteiger partial charge in [-0.15, -0.1) is 0 Å². The van der Waals surface area contributed by atoms with E-state index in [1.54, 1.807) is 12.3 Å². The second-order valence-corrected chi connectivity index (χ2v) is 3.89. The molecule has 0 aliphatic rings. The first-order valence-corrected chi connectivity index (χ1v) is 6.06. The van der Waals surface area contributed by atoms with Gasteiger partial charge >= 0.3 is 0 Å². The molecule has 0 unspecified atom stereocenters. The lowest BCUT2D eigenvalue weighted by Gasteiger charge is -2.06. The summed E-state index contributed by atoms with van der Waals surface area (Å²) in [6.45, 7) is 7.67. The third kappa shape index (κ3) is 5.60. The molecule has 0 amide bonds. The number of hydrogen-bond acceptors (Lipinski definition) is 4. The number of nitrogens with one attached hydrogen (secondary N) is 1. The molecular formula is C12H21N3O2. The van der Waals surface area contributed by atoms with Gasteiger partial charge < -0.3 is 10.1 Å². The van der Waals surface area contributed by atoms with Crippen LogP contribution in [0.5, 0.6) is 0 Å². The van der Waals surface area contributed by atoms with Gasteiger partial charge in [-0.1, -0.05) is 0 Å². The van der Waals surface area contributed by atoms with Crippen LogP contribution in [0.15, 0.2) is 17.1 Å². The van der Waals surface area contributed by atoms with Crippen molar-refractivity contribution in [2.24, 2.45) is 0 Å². The van der Waals surface area contributed by atoms with E-state index in [0.29, 0.717) is 6.54 Å². The van der Waals surface area contributed by atoms with Crippen molar-refractivity contribution in [1.29, 1.82) is 0 Å². The molecule has 0 spiro atoms. The number of nitrogens with zero attached hydrogens (tertiary/aromatic N) is 2. The predicted molar refractivity (Wildman–Crippen MR) is 67.2 cm³/mol. The van der Waals surface area contributed by atoms with Gasteiger partial charge in [-0.3, -0.25) is 4.79 Å². The molecule has 17 heavy (non-hydrogen) atoms. The maximum absolute atomic E-state index is 11.5. The quantitative estimate of drug-likeness (QED) is 0.674. The molecular weight excluding hydrogens is 218 g/mol. The minimum Gasteiger partial charge on any atom is -0.382 e. The Bertz CT molecular complexity index is 376. The number of aryl methyl sites for hydroxylation is 1. The van der Waals surface area contributed by atoms with Crippen LogP contribution < -0.4 is 10.9 Å². The number of hydrogen-bond donors (Lipinski definition) is 1. The van der Waals surface area contributed by atoms with Crippen LogP contribution in [0.4, 0.5) is 0 Å². The van der Waals surface area contributed by atoms with E-state index in [4.69, 9.17) is 4.74 Å². The second-order valence-electron chi connectivity index (χ2n) is 3.89. The summed E-state index contributed by atoms with van der Waals surface area (Å²) in [6, 6.07) is 1.60. The van der Waals surface area contributed by atoms with E-state index in [1.807, 2.05) is 13.8 Å². The molecule has 0 bridgehead atoms. The lowest BCUT2D eigenvalue weighted by atomic mass is 10.3. The highest BCUT2D eigenvalue weighted by Crippen LogP contribution is 1.86. The molecule has 0 saturated carbocycles. The molecule has 1 N–H and O–H groups in total. The van der Waals surface area contributed by atoms with Gasteiger partial charge in [0, 0.05) is 25.8 Å². The fourth-order valence-electron chi connectivity index (χ4n) is 1.45. The Kier molecular flexibility index (Phi) is 6.50. The standard InChI is InChI=1S/C12H21N3O2/c1-3-17-8-4-5-13-6-7-15-12(16)9-11(2)10-14-15/h9-10,13H,3-8H2,1-2H3. The maximum Gasteiger partial charge on any atom is 0.267 e. The molecule has 0 aliphatic heterocycles. The van der Waals surface area contributed by atoms with Gasteiger partial charge in [0.1, 0.15) is 0 Å². The highest BCUT2D eigenvalue weighted by molar-refractivity contribution is 5.02. The highest BCUT2D eigenvalue weighted by Gasteiger charge is 1.96. The highest BCUT2D eigenvalue weighted by atomic mass is 16.5. The largest absolute Gasteiger partial charge is 0.382 e. The van der Waals surface area contributed by atoms with Gasteiger partial charge in [-0.25, -0.2) is 4.68 Å². The Hall–Kier alpha value is -1.20. The Morgan fingerprint density at radius 1 is 1.47 bits per heavy atom. The molecule has 0 saturated heterocycles. The van der Waals surface area contributed by atoms with E-state index in [9.17, 15) is 4.79 Å². The summed E-state index contributed by atoms with van der Waals surface area (Å²) >= 11 is 0. The third-order valence-corrected chi connectivity index (χ3v) is 2.35. The fourth-order valence-corrected chi connectivity index (χ4v) is 1.45. The van der Waals surface area contributed by atoms with Crippen LogP contribution in [0.3, 0.4) is 0 Å². The van der Waals surface area contributed by atoms with Crippen molar-refractivity contribution in [1.82, 2.24) is 15.1 Å². The van der Waals surface area contributed by atoms with Crippen LogP contribution in [0.2, 0.25) is 0 Å². The van der Waals surface area contributed by atoms with Crippen molar-refractivity contribution in [2.75, 3.05) is 26.3 Å². The molecule has 0 radical (unpaired) electrons. The first-order valence-electron chi connectivity index (χ1n) is 6.06. The minimum absolute atomic E-state index is 0.0406. The third-order valence-electron chi connectivity index (χ3n) is 2.35. The van der Waals surface area contributed by atoms with E-state index >= 15 is 0 Å². The number of aromatic nitrogens is 2. The number of rotatable bonds is 8. The lowest BCUT2D eigenvalue weighted by molar-refractivity contribution is 0.144. The zero-order valence-electron chi connectivity index (χ0n) is 10.6. The summed E-state index contributed by atoms with van der Waals surface area (Å²) in [5, 5.41) is 7.32. The van der Waals surface area contributed by atoms with Crippen LogP contribution in [0, 0.1) is 6.92 Å². The smallest absolute Gasteiger partial charge is 0.267 e. The molecule has 96 valence electrons. The van der Waals surface area contributed by atoms with Gasteiger partial charge in [0.15, 0.2) is 0 Å². The van der Waals surface area contributed by atoms with Gasteiger partial charge in [0.25, 0.3) is 5.56 Å². The summed E-state index contributed by atoms with van der Waals surface area (Å²) in [6.07, 6.45) is 2.69. The molecule has 0 aromatic carbocycles. The summed E-state index contributed by atoms with van der Waals surface area (Å²) in [5.41, 5.74) is 0.858. The zero-order chi connectivity index (χ0) is 12.5. The fraction of sp³-hybridized carbons (Fsp3) is 0.667. The van der Waals surface area contributed by atoms with Crippen molar-refractivity contribution in [3.8, 4) is 0 Å². The summed E-state index contributed by atoms with van der Waals surface area (Å²) in [4.78, 5) is 11.5. The Balaban J connectivity index is 2.16. The molecule has 5 nitrogen and oxygen atoms in total. The van der Waals surface area contributed by atoms with E-state index in [0.717, 1.165) is 38.3 Å². The molecule has 1 aromatic heterocycles. The Morgan fingerprint density at radius 3 is 3.00 bits per heavy atom. The number of ether oxygens (including phenoxy) is 1. The topological polar surface area (TPSA) is 56.1 Å². The van der Waals surface area contributed by atoms with E-state index in [1.165, 1.54) is 4.68 Å². The molecule has 0 aliphatic carbocycles. The summed E-state index contributed by atoms with van der Waals surface area (Å²) in [7, 11) is 0. The predicted octanol–water partition coefficient (Wildman–Crippen LogP) is 0.568. The van der Waals surface area contributed by atoms with Gasteiger partial charge in [-0.05, 0) is 32.4 Å². The van der Waals surface area contributed by atoms with Gasteiger partial charge in [-0.2, -0.15) is 5.10 Å². The van der Waals surface area contributed by atoms with E-state index in [2.05, 4.69) is 10.4 Å². The zero-order valence-corrected chi connectivity index (χ0v) is 10.6. The average Bonchev–Trinajstić information content (AvgIpc) is 2.30. The van der Waals surface area contributed by atoms with Crippen molar-refractivity contribution in [3.63, 3.8) is 0 Å². The molecule has 1 rings (SSSR count).